The highest BCUT2D eigenvalue weighted by atomic mass is 32.2. The number of hydrogen-bond acceptors (Lipinski definition) is 6. The number of thiophene rings is 1. The summed E-state index contributed by atoms with van der Waals surface area (Å²) in [6.45, 7) is 9.59. The van der Waals surface area contributed by atoms with E-state index < -0.39 is 5.54 Å². The van der Waals surface area contributed by atoms with E-state index in [9.17, 15) is 14.9 Å². The zero-order chi connectivity index (χ0) is 20.5. The number of nitrogens with one attached hydrogen (secondary N) is 1. The standard InChI is InChI=1S/C20H24N4O2S2/c1-5-9-24-18(26)16-13-7-6-8-14(13)28-17(16)22-19(24)27-10-15(25)23-20(4,11-21)12(2)3/h5,12H,1,6-10H2,2-4H3,(H,23,25)/t20-/m0/s1. The average molecular weight is 417 g/mol. The minimum atomic E-state index is -0.926. The predicted molar refractivity (Wildman–Crippen MR) is 114 cm³/mol. The number of nitriles is 1. The normalized spacial score (nSPS) is 15.2. The molecule has 0 saturated carbocycles. The Kier molecular flexibility index (Phi) is 5.96. The van der Waals surface area contributed by atoms with Crippen LogP contribution in [0.4, 0.5) is 0 Å². The van der Waals surface area contributed by atoms with Crippen LogP contribution in [0.2, 0.25) is 0 Å². The smallest absolute Gasteiger partial charge is 0.263 e. The first kappa shape index (κ1) is 20.6. The van der Waals surface area contributed by atoms with Crippen molar-refractivity contribution >= 4 is 39.2 Å². The third kappa shape index (κ3) is 3.74. The van der Waals surface area contributed by atoms with E-state index in [0.29, 0.717) is 11.7 Å². The Balaban J connectivity index is 1.88. The summed E-state index contributed by atoms with van der Waals surface area (Å²) >= 11 is 2.80. The number of fused-ring (bicyclic) bond motifs is 3. The van der Waals surface area contributed by atoms with Gasteiger partial charge >= 0.3 is 0 Å². The van der Waals surface area contributed by atoms with Gasteiger partial charge < -0.3 is 5.32 Å². The number of aryl methyl sites for hydroxylation is 2. The molecule has 0 bridgehead atoms. The van der Waals surface area contributed by atoms with Crippen molar-refractivity contribution in [3.8, 4) is 6.07 Å². The van der Waals surface area contributed by atoms with Crippen LogP contribution < -0.4 is 10.9 Å². The van der Waals surface area contributed by atoms with Gasteiger partial charge in [-0.15, -0.1) is 17.9 Å². The Hall–Kier alpha value is -2.11. The predicted octanol–water partition coefficient (Wildman–Crippen LogP) is 3.28. The van der Waals surface area contributed by atoms with Gasteiger partial charge in [-0.25, -0.2) is 4.98 Å². The second-order valence-electron chi connectivity index (χ2n) is 7.44. The van der Waals surface area contributed by atoms with E-state index in [1.807, 2.05) is 13.8 Å². The van der Waals surface area contributed by atoms with Gasteiger partial charge in [-0.3, -0.25) is 14.2 Å². The Morgan fingerprint density at radius 2 is 2.29 bits per heavy atom. The lowest BCUT2D eigenvalue weighted by molar-refractivity contribution is -0.120. The van der Waals surface area contributed by atoms with Gasteiger partial charge in [0.1, 0.15) is 10.4 Å². The fourth-order valence-corrected chi connectivity index (χ4v) is 5.33. The van der Waals surface area contributed by atoms with Gasteiger partial charge in [-0.2, -0.15) is 5.26 Å². The minimum absolute atomic E-state index is 0.0200. The van der Waals surface area contributed by atoms with Crippen LogP contribution in [-0.4, -0.2) is 26.8 Å². The third-order valence-electron chi connectivity index (χ3n) is 5.22. The number of rotatable bonds is 7. The number of hydrogen-bond donors (Lipinski definition) is 1. The summed E-state index contributed by atoms with van der Waals surface area (Å²) in [5.74, 6) is -0.186. The molecule has 0 spiro atoms. The van der Waals surface area contributed by atoms with Crippen LogP contribution in [0.1, 0.15) is 37.6 Å². The molecule has 0 unspecified atom stereocenters. The Bertz CT molecular complexity index is 1030. The molecule has 1 aliphatic rings. The molecule has 2 heterocycles. The number of carbonyl (C=O) groups is 1. The molecule has 148 valence electrons. The van der Waals surface area contributed by atoms with Crippen LogP contribution in [0, 0.1) is 17.2 Å². The second-order valence-corrected chi connectivity index (χ2v) is 9.47. The van der Waals surface area contributed by atoms with Crippen molar-refractivity contribution in [2.45, 2.75) is 57.3 Å². The van der Waals surface area contributed by atoms with Crippen molar-refractivity contribution in [1.29, 1.82) is 5.26 Å². The van der Waals surface area contributed by atoms with E-state index in [-0.39, 0.29) is 23.1 Å². The highest BCUT2D eigenvalue weighted by Crippen LogP contribution is 2.35. The fraction of sp³-hybridized carbons (Fsp3) is 0.500. The molecule has 2 aromatic rings. The van der Waals surface area contributed by atoms with E-state index in [2.05, 4.69) is 18.0 Å². The van der Waals surface area contributed by atoms with Crippen molar-refractivity contribution in [2.24, 2.45) is 5.92 Å². The summed E-state index contributed by atoms with van der Waals surface area (Å²) in [6, 6.07) is 2.17. The van der Waals surface area contributed by atoms with E-state index in [4.69, 9.17) is 4.98 Å². The summed E-state index contributed by atoms with van der Waals surface area (Å²) in [5.41, 5.74) is 0.159. The maximum Gasteiger partial charge on any atom is 0.263 e. The summed E-state index contributed by atoms with van der Waals surface area (Å²) in [4.78, 5) is 32.2. The van der Waals surface area contributed by atoms with Crippen LogP contribution >= 0.6 is 23.1 Å². The molecular weight excluding hydrogens is 392 g/mol. The van der Waals surface area contributed by atoms with Crippen LogP contribution in [0.3, 0.4) is 0 Å². The van der Waals surface area contributed by atoms with Crippen molar-refractivity contribution in [1.82, 2.24) is 14.9 Å². The number of carbonyl (C=O) groups excluding carboxylic acids is 1. The first-order valence-electron chi connectivity index (χ1n) is 9.31. The molecule has 0 fully saturated rings. The van der Waals surface area contributed by atoms with Gasteiger partial charge in [0.2, 0.25) is 5.91 Å². The molecule has 0 aromatic carbocycles. The molecule has 6 nitrogen and oxygen atoms in total. The first-order chi connectivity index (χ1) is 13.3. The van der Waals surface area contributed by atoms with Crippen molar-refractivity contribution in [2.75, 3.05) is 5.75 Å². The quantitative estimate of drug-likeness (QED) is 0.425. The molecule has 1 amide bonds. The molecule has 2 aromatic heterocycles. The van der Waals surface area contributed by atoms with E-state index in [0.717, 1.165) is 35.0 Å². The van der Waals surface area contributed by atoms with Crippen LogP contribution in [0.5, 0.6) is 0 Å². The Morgan fingerprint density at radius 1 is 1.54 bits per heavy atom. The van der Waals surface area contributed by atoms with Crippen LogP contribution in [0.15, 0.2) is 22.6 Å². The third-order valence-corrected chi connectivity index (χ3v) is 7.38. The van der Waals surface area contributed by atoms with Crippen LogP contribution in [0.25, 0.3) is 10.2 Å². The molecule has 8 heteroatoms. The number of amides is 1. The molecule has 0 radical (unpaired) electrons. The van der Waals surface area contributed by atoms with E-state index >= 15 is 0 Å². The molecular formula is C20H24N4O2S2. The maximum absolute atomic E-state index is 13.1. The number of allylic oxidation sites excluding steroid dienone is 1. The number of nitrogens with zero attached hydrogens (tertiary/aromatic N) is 3. The summed E-state index contributed by atoms with van der Waals surface area (Å²) in [5, 5.41) is 13.4. The number of aromatic nitrogens is 2. The van der Waals surface area contributed by atoms with Gasteiger partial charge in [0.15, 0.2) is 5.16 Å². The van der Waals surface area contributed by atoms with Gasteiger partial charge in [0.25, 0.3) is 5.56 Å². The second kappa shape index (κ2) is 8.10. The summed E-state index contributed by atoms with van der Waals surface area (Å²) < 4.78 is 1.59. The lowest BCUT2D eigenvalue weighted by Crippen LogP contribution is -2.49. The number of thioether (sulfide) groups is 1. The van der Waals surface area contributed by atoms with Crippen molar-refractivity contribution in [3.63, 3.8) is 0 Å². The molecule has 0 saturated heterocycles. The minimum Gasteiger partial charge on any atom is -0.337 e. The molecule has 1 N–H and O–H groups in total. The van der Waals surface area contributed by atoms with Gasteiger partial charge in [0.05, 0.1) is 17.2 Å². The molecule has 3 rings (SSSR count). The topological polar surface area (TPSA) is 87.8 Å². The molecule has 1 aliphatic carbocycles. The fourth-order valence-electron chi connectivity index (χ4n) is 3.22. The largest absolute Gasteiger partial charge is 0.337 e. The lowest BCUT2D eigenvalue weighted by Gasteiger charge is -2.27. The van der Waals surface area contributed by atoms with E-state index in [1.165, 1.54) is 16.6 Å². The molecule has 28 heavy (non-hydrogen) atoms. The Labute approximate surface area is 172 Å². The lowest BCUT2D eigenvalue weighted by atomic mass is 9.90. The highest BCUT2D eigenvalue weighted by Gasteiger charge is 2.30. The average Bonchev–Trinajstić information content (AvgIpc) is 3.23. The van der Waals surface area contributed by atoms with Gasteiger partial charge in [0, 0.05) is 11.4 Å². The monoisotopic (exact) mass is 416 g/mol. The first-order valence-corrected chi connectivity index (χ1v) is 11.1. The van der Waals surface area contributed by atoms with Crippen LogP contribution in [-0.2, 0) is 24.2 Å². The zero-order valence-electron chi connectivity index (χ0n) is 16.4. The Morgan fingerprint density at radius 3 is 2.93 bits per heavy atom. The molecule has 1 atom stereocenters. The molecule has 0 aliphatic heterocycles. The van der Waals surface area contributed by atoms with Crippen molar-refractivity contribution in [3.05, 3.63) is 33.4 Å². The SMILES string of the molecule is C=CCn1c(SCC(=O)N[C@@](C)(C#N)C(C)C)nc2sc3c(c2c1=O)CCC3. The maximum atomic E-state index is 13.1. The van der Waals surface area contributed by atoms with E-state index in [1.54, 1.807) is 28.9 Å². The van der Waals surface area contributed by atoms with Crippen molar-refractivity contribution < 1.29 is 4.79 Å². The summed E-state index contributed by atoms with van der Waals surface area (Å²) in [6.07, 6.45) is 4.68. The highest BCUT2D eigenvalue weighted by molar-refractivity contribution is 7.99. The summed E-state index contributed by atoms with van der Waals surface area (Å²) in [7, 11) is 0. The van der Waals surface area contributed by atoms with Gasteiger partial charge in [-0.1, -0.05) is 31.7 Å². The van der Waals surface area contributed by atoms with Gasteiger partial charge in [-0.05, 0) is 37.7 Å². The zero-order valence-corrected chi connectivity index (χ0v) is 18.0.